The van der Waals surface area contributed by atoms with Gasteiger partial charge in [-0.1, -0.05) is 30.3 Å². The zero-order valence-electron chi connectivity index (χ0n) is 7.12. The number of benzene rings is 1. The van der Waals surface area contributed by atoms with Crippen molar-refractivity contribution < 1.29 is 0 Å². The fourth-order valence-corrected chi connectivity index (χ4v) is 1.53. The van der Waals surface area contributed by atoms with Crippen molar-refractivity contribution in [2.45, 2.75) is 12.8 Å². The minimum Gasteiger partial charge on any atom is -0.309 e. The van der Waals surface area contributed by atoms with Gasteiger partial charge in [-0.2, -0.15) is 5.10 Å². The number of hydrogen-bond donors (Lipinski definition) is 1. The Labute approximate surface area is 72.3 Å². The van der Waals surface area contributed by atoms with Gasteiger partial charge >= 0.3 is 0 Å². The molecule has 0 radical (unpaired) electrons. The van der Waals surface area contributed by atoms with Crippen LogP contribution >= 0.6 is 0 Å². The molecule has 2 heteroatoms. The van der Waals surface area contributed by atoms with Crippen LogP contribution in [0.3, 0.4) is 0 Å². The fourth-order valence-electron chi connectivity index (χ4n) is 1.53. The van der Waals surface area contributed by atoms with Crippen LogP contribution in [0.4, 0.5) is 0 Å². The lowest BCUT2D eigenvalue weighted by molar-refractivity contribution is 0.763. The SMILES string of the molecule is CC1=NNCC1c1ccccc1. The highest BCUT2D eigenvalue weighted by Crippen LogP contribution is 2.19. The quantitative estimate of drug-likeness (QED) is 0.665. The second-order valence-corrected chi connectivity index (χ2v) is 3.08. The first kappa shape index (κ1) is 7.35. The number of nitrogens with zero attached hydrogens (tertiary/aromatic N) is 1. The molecule has 0 amide bonds. The van der Waals surface area contributed by atoms with Crippen LogP contribution in [0.15, 0.2) is 35.4 Å². The maximum absolute atomic E-state index is 4.16. The van der Waals surface area contributed by atoms with E-state index >= 15 is 0 Å². The molecular formula is C10H12N2. The molecule has 0 aromatic heterocycles. The lowest BCUT2D eigenvalue weighted by Crippen LogP contribution is -2.11. The summed E-state index contributed by atoms with van der Waals surface area (Å²) in [4.78, 5) is 0. The van der Waals surface area contributed by atoms with Crippen molar-refractivity contribution in [3.05, 3.63) is 35.9 Å². The topological polar surface area (TPSA) is 24.4 Å². The molecule has 1 atom stereocenters. The molecule has 1 unspecified atom stereocenters. The molecule has 0 saturated carbocycles. The Morgan fingerprint density at radius 3 is 2.67 bits per heavy atom. The molecule has 1 N–H and O–H groups in total. The summed E-state index contributed by atoms with van der Waals surface area (Å²) >= 11 is 0. The van der Waals surface area contributed by atoms with Gasteiger partial charge in [-0.05, 0) is 12.5 Å². The summed E-state index contributed by atoms with van der Waals surface area (Å²) in [6.07, 6.45) is 0. The smallest absolute Gasteiger partial charge is 0.0451 e. The Kier molecular flexibility index (Phi) is 1.82. The standard InChI is InChI=1S/C10H12N2/c1-8-10(7-11-12-8)9-5-3-2-4-6-9/h2-6,10-11H,7H2,1H3. The van der Waals surface area contributed by atoms with E-state index in [1.54, 1.807) is 0 Å². The molecule has 12 heavy (non-hydrogen) atoms. The molecular weight excluding hydrogens is 148 g/mol. The van der Waals surface area contributed by atoms with Gasteiger partial charge in [-0.3, -0.25) is 0 Å². The molecule has 0 saturated heterocycles. The first-order chi connectivity index (χ1) is 5.88. The minimum atomic E-state index is 0.478. The predicted octanol–water partition coefficient (Wildman–Crippen LogP) is 1.75. The summed E-state index contributed by atoms with van der Waals surface area (Å²) in [7, 11) is 0. The van der Waals surface area contributed by atoms with Crippen molar-refractivity contribution in [1.29, 1.82) is 0 Å². The Bertz CT molecular complexity index is 290. The summed E-state index contributed by atoms with van der Waals surface area (Å²) < 4.78 is 0. The first-order valence-corrected chi connectivity index (χ1v) is 4.20. The van der Waals surface area contributed by atoms with Gasteiger partial charge in [0.05, 0.1) is 0 Å². The molecule has 1 aromatic carbocycles. The molecule has 2 rings (SSSR count). The van der Waals surface area contributed by atoms with Crippen LogP contribution in [0.2, 0.25) is 0 Å². The van der Waals surface area contributed by atoms with E-state index in [2.05, 4.69) is 41.7 Å². The third kappa shape index (κ3) is 1.20. The van der Waals surface area contributed by atoms with E-state index in [0.29, 0.717) is 5.92 Å². The second-order valence-electron chi connectivity index (χ2n) is 3.08. The monoisotopic (exact) mass is 160 g/mol. The van der Waals surface area contributed by atoms with Crippen molar-refractivity contribution in [2.75, 3.05) is 6.54 Å². The lowest BCUT2D eigenvalue weighted by Gasteiger charge is -2.08. The van der Waals surface area contributed by atoms with Crippen molar-refractivity contribution in [1.82, 2.24) is 5.43 Å². The van der Waals surface area contributed by atoms with Gasteiger partial charge in [0.1, 0.15) is 0 Å². The number of rotatable bonds is 1. The lowest BCUT2D eigenvalue weighted by atomic mass is 9.96. The van der Waals surface area contributed by atoms with E-state index in [4.69, 9.17) is 0 Å². The summed E-state index contributed by atoms with van der Waals surface area (Å²) in [6.45, 7) is 3.01. The average molecular weight is 160 g/mol. The van der Waals surface area contributed by atoms with E-state index in [-0.39, 0.29) is 0 Å². The third-order valence-electron chi connectivity index (χ3n) is 2.26. The van der Waals surface area contributed by atoms with Crippen molar-refractivity contribution in [2.24, 2.45) is 5.10 Å². The predicted molar refractivity (Wildman–Crippen MR) is 50.3 cm³/mol. The fraction of sp³-hybridized carbons (Fsp3) is 0.300. The van der Waals surface area contributed by atoms with Gasteiger partial charge in [0, 0.05) is 18.2 Å². The normalized spacial score (nSPS) is 21.8. The van der Waals surface area contributed by atoms with E-state index in [0.717, 1.165) is 6.54 Å². The van der Waals surface area contributed by atoms with Crippen LogP contribution in [0.5, 0.6) is 0 Å². The molecule has 1 aromatic rings. The van der Waals surface area contributed by atoms with E-state index < -0.39 is 0 Å². The highest BCUT2D eigenvalue weighted by Gasteiger charge is 2.18. The summed E-state index contributed by atoms with van der Waals surface area (Å²) in [5.41, 5.74) is 5.54. The largest absolute Gasteiger partial charge is 0.309 e. The first-order valence-electron chi connectivity index (χ1n) is 4.20. The molecule has 1 aliphatic rings. The van der Waals surface area contributed by atoms with Gasteiger partial charge in [0.2, 0.25) is 0 Å². The van der Waals surface area contributed by atoms with Crippen molar-refractivity contribution in [3.63, 3.8) is 0 Å². The van der Waals surface area contributed by atoms with Crippen molar-refractivity contribution >= 4 is 5.71 Å². The number of nitrogens with one attached hydrogen (secondary N) is 1. The molecule has 0 spiro atoms. The average Bonchev–Trinajstić information content (AvgIpc) is 2.53. The third-order valence-corrected chi connectivity index (χ3v) is 2.26. The Hall–Kier alpha value is -1.31. The summed E-state index contributed by atoms with van der Waals surface area (Å²) in [6, 6.07) is 10.5. The highest BCUT2D eigenvalue weighted by atomic mass is 15.3. The van der Waals surface area contributed by atoms with Crippen LogP contribution in [0.1, 0.15) is 18.4 Å². The number of hydrogen-bond acceptors (Lipinski definition) is 2. The van der Waals surface area contributed by atoms with Crippen LogP contribution in [-0.4, -0.2) is 12.3 Å². The second kappa shape index (κ2) is 2.97. The molecule has 0 fully saturated rings. The van der Waals surface area contributed by atoms with E-state index in [9.17, 15) is 0 Å². The van der Waals surface area contributed by atoms with Gasteiger partial charge in [-0.15, -0.1) is 0 Å². The molecule has 1 aliphatic heterocycles. The van der Waals surface area contributed by atoms with Gasteiger partial charge in [-0.25, -0.2) is 0 Å². The van der Waals surface area contributed by atoms with Crippen LogP contribution < -0.4 is 5.43 Å². The molecule has 62 valence electrons. The maximum Gasteiger partial charge on any atom is 0.0451 e. The van der Waals surface area contributed by atoms with E-state index in [1.165, 1.54) is 11.3 Å². The Morgan fingerprint density at radius 2 is 2.08 bits per heavy atom. The van der Waals surface area contributed by atoms with Crippen LogP contribution in [0, 0.1) is 0 Å². The number of hydrazone groups is 1. The molecule has 1 heterocycles. The highest BCUT2D eigenvalue weighted by molar-refractivity contribution is 5.90. The Morgan fingerprint density at radius 1 is 1.33 bits per heavy atom. The van der Waals surface area contributed by atoms with Crippen LogP contribution in [0.25, 0.3) is 0 Å². The van der Waals surface area contributed by atoms with Crippen molar-refractivity contribution in [3.8, 4) is 0 Å². The minimum absolute atomic E-state index is 0.478. The molecule has 2 nitrogen and oxygen atoms in total. The molecule has 0 aliphatic carbocycles. The zero-order chi connectivity index (χ0) is 8.39. The van der Waals surface area contributed by atoms with Gasteiger partial charge < -0.3 is 5.43 Å². The van der Waals surface area contributed by atoms with E-state index in [1.807, 2.05) is 6.07 Å². The van der Waals surface area contributed by atoms with Crippen LogP contribution in [-0.2, 0) is 0 Å². The Balaban J connectivity index is 2.27. The maximum atomic E-state index is 4.16. The summed E-state index contributed by atoms with van der Waals surface area (Å²) in [5, 5.41) is 4.16. The molecule has 0 bridgehead atoms. The zero-order valence-corrected chi connectivity index (χ0v) is 7.12. The summed E-state index contributed by atoms with van der Waals surface area (Å²) in [5.74, 6) is 0.478. The van der Waals surface area contributed by atoms with Gasteiger partial charge in [0.25, 0.3) is 0 Å². The van der Waals surface area contributed by atoms with Gasteiger partial charge in [0.15, 0.2) is 0 Å².